The van der Waals surface area contributed by atoms with Gasteiger partial charge in [-0.2, -0.15) is 0 Å². The van der Waals surface area contributed by atoms with E-state index in [1.54, 1.807) is 0 Å². The number of nitrogens with zero attached hydrogens (tertiary/aromatic N) is 1. The lowest BCUT2D eigenvalue weighted by Gasteiger charge is -2.33. The number of aryl methyl sites for hydroxylation is 1. The van der Waals surface area contributed by atoms with Crippen LogP contribution >= 0.6 is 0 Å². The average molecular weight is 409 g/mol. The summed E-state index contributed by atoms with van der Waals surface area (Å²) in [6.45, 7) is 12.9. The lowest BCUT2D eigenvalue weighted by atomic mass is 9.99. The highest BCUT2D eigenvalue weighted by Crippen LogP contribution is 2.28. The SMILES string of the molecule is Cc1ccc(C(C)C)c(OCC(=O)NC(C)c2ccc(N3CCCC(C)C3)cc2)c1. The molecule has 4 nitrogen and oxygen atoms in total. The average Bonchev–Trinajstić information content (AvgIpc) is 2.72. The molecule has 3 rings (SSSR count). The molecule has 1 fully saturated rings. The van der Waals surface area contributed by atoms with E-state index in [9.17, 15) is 4.79 Å². The highest BCUT2D eigenvalue weighted by atomic mass is 16.5. The van der Waals surface area contributed by atoms with Crippen LogP contribution in [0.3, 0.4) is 0 Å². The third kappa shape index (κ3) is 5.78. The van der Waals surface area contributed by atoms with Crippen molar-refractivity contribution in [2.24, 2.45) is 5.92 Å². The van der Waals surface area contributed by atoms with Crippen molar-refractivity contribution in [1.29, 1.82) is 0 Å². The van der Waals surface area contributed by atoms with Crippen LogP contribution in [-0.2, 0) is 4.79 Å². The summed E-state index contributed by atoms with van der Waals surface area (Å²) in [5, 5.41) is 3.06. The van der Waals surface area contributed by atoms with Crippen molar-refractivity contribution in [3.05, 3.63) is 59.2 Å². The zero-order valence-electron chi connectivity index (χ0n) is 19.1. The standard InChI is InChI=1S/C26H36N2O2/c1-18(2)24-13-8-19(3)15-25(24)30-17-26(29)27-21(5)22-9-11-23(12-10-22)28-14-6-7-20(4)16-28/h8-13,15,18,20-21H,6-7,14,16-17H2,1-5H3,(H,27,29). The van der Waals surface area contributed by atoms with Gasteiger partial charge in [0.25, 0.3) is 5.91 Å². The van der Waals surface area contributed by atoms with E-state index in [0.29, 0.717) is 5.92 Å². The second-order valence-electron chi connectivity index (χ2n) is 9.06. The van der Waals surface area contributed by atoms with Gasteiger partial charge in [-0.05, 0) is 73.4 Å². The van der Waals surface area contributed by atoms with Crippen LogP contribution in [0, 0.1) is 12.8 Å². The molecule has 0 aliphatic carbocycles. The first-order valence-electron chi connectivity index (χ1n) is 11.2. The number of piperidine rings is 1. The number of carbonyl (C=O) groups excluding carboxylic acids is 1. The lowest BCUT2D eigenvalue weighted by Crippen LogP contribution is -2.34. The molecule has 0 bridgehead atoms. The fraction of sp³-hybridized carbons (Fsp3) is 0.500. The Kier molecular flexibility index (Phi) is 7.41. The summed E-state index contributed by atoms with van der Waals surface area (Å²) in [5.74, 6) is 1.80. The molecule has 1 N–H and O–H groups in total. The first-order chi connectivity index (χ1) is 14.3. The van der Waals surface area contributed by atoms with Crippen LogP contribution in [0.5, 0.6) is 5.75 Å². The summed E-state index contributed by atoms with van der Waals surface area (Å²) in [6.07, 6.45) is 2.58. The molecule has 0 radical (unpaired) electrons. The molecule has 1 saturated heterocycles. The minimum absolute atomic E-state index is 0.0251. The van der Waals surface area contributed by atoms with Gasteiger partial charge in [-0.25, -0.2) is 0 Å². The van der Waals surface area contributed by atoms with Gasteiger partial charge >= 0.3 is 0 Å². The molecule has 30 heavy (non-hydrogen) atoms. The highest BCUT2D eigenvalue weighted by Gasteiger charge is 2.17. The van der Waals surface area contributed by atoms with Gasteiger partial charge in [-0.15, -0.1) is 0 Å². The number of amides is 1. The fourth-order valence-electron chi connectivity index (χ4n) is 4.15. The van der Waals surface area contributed by atoms with Crippen LogP contribution in [-0.4, -0.2) is 25.6 Å². The zero-order valence-corrected chi connectivity index (χ0v) is 19.1. The maximum atomic E-state index is 12.5. The molecule has 4 heteroatoms. The maximum absolute atomic E-state index is 12.5. The van der Waals surface area contributed by atoms with Crippen LogP contribution < -0.4 is 15.0 Å². The number of rotatable bonds is 7. The molecule has 0 saturated carbocycles. The lowest BCUT2D eigenvalue weighted by molar-refractivity contribution is -0.123. The van der Waals surface area contributed by atoms with Gasteiger partial charge in [-0.1, -0.05) is 45.0 Å². The van der Waals surface area contributed by atoms with Crippen LogP contribution in [0.25, 0.3) is 0 Å². The van der Waals surface area contributed by atoms with E-state index in [2.05, 4.69) is 67.4 Å². The Bertz CT molecular complexity index is 845. The summed E-state index contributed by atoms with van der Waals surface area (Å²) in [7, 11) is 0. The summed E-state index contributed by atoms with van der Waals surface area (Å²) in [4.78, 5) is 14.9. The van der Waals surface area contributed by atoms with Crippen LogP contribution in [0.15, 0.2) is 42.5 Å². The molecule has 2 unspecified atom stereocenters. The molecule has 1 heterocycles. The third-order valence-corrected chi connectivity index (χ3v) is 5.94. The second-order valence-corrected chi connectivity index (χ2v) is 9.06. The van der Waals surface area contributed by atoms with Gasteiger partial charge in [0.05, 0.1) is 6.04 Å². The summed E-state index contributed by atoms with van der Waals surface area (Å²) in [6, 6.07) is 14.7. The number of carbonyl (C=O) groups is 1. The summed E-state index contributed by atoms with van der Waals surface area (Å²) in [5.41, 5.74) is 4.64. The Labute approximate surface area is 181 Å². The maximum Gasteiger partial charge on any atom is 0.258 e. The van der Waals surface area contributed by atoms with Gasteiger partial charge in [0.1, 0.15) is 5.75 Å². The quantitative estimate of drug-likeness (QED) is 0.647. The summed E-state index contributed by atoms with van der Waals surface area (Å²) < 4.78 is 5.87. The Hall–Kier alpha value is -2.49. The molecule has 1 amide bonds. The molecule has 2 aromatic rings. The number of ether oxygens (including phenoxy) is 1. The van der Waals surface area contributed by atoms with Crippen LogP contribution in [0.1, 0.15) is 69.2 Å². The van der Waals surface area contributed by atoms with Crippen molar-refractivity contribution >= 4 is 11.6 Å². The highest BCUT2D eigenvalue weighted by molar-refractivity contribution is 5.78. The van der Waals surface area contributed by atoms with Gasteiger partial charge in [-0.3, -0.25) is 4.79 Å². The number of nitrogens with one attached hydrogen (secondary N) is 1. The first-order valence-corrected chi connectivity index (χ1v) is 11.2. The van der Waals surface area contributed by atoms with Gasteiger partial charge in [0.2, 0.25) is 0 Å². The molecule has 0 spiro atoms. The second kappa shape index (κ2) is 10.0. The van der Waals surface area contributed by atoms with E-state index in [0.717, 1.165) is 41.4 Å². The van der Waals surface area contributed by atoms with Crippen molar-refractivity contribution < 1.29 is 9.53 Å². The van der Waals surface area contributed by atoms with Crippen molar-refractivity contribution in [1.82, 2.24) is 5.32 Å². The summed E-state index contributed by atoms with van der Waals surface area (Å²) >= 11 is 0. The molecular formula is C26H36N2O2. The smallest absolute Gasteiger partial charge is 0.258 e. The molecular weight excluding hydrogens is 372 g/mol. The van der Waals surface area contributed by atoms with Gasteiger partial charge in [0, 0.05) is 18.8 Å². The number of anilines is 1. The van der Waals surface area contributed by atoms with Crippen molar-refractivity contribution in [2.45, 2.75) is 59.4 Å². The first kappa shape index (κ1) is 22.2. The Morgan fingerprint density at radius 1 is 1.17 bits per heavy atom. The van der Waals surface area contributed by atoms with Crippen LogP contribution in [0.4, 0.5) is 5.69 Å². The molecule has 162 valence electrons. The van der Waals surface area contributed by atoms with E-state index in [4.69, 9.17) is 4.74 Å². The third-order valence-electron chi connectivity index (χ3n) is 5.94. The number of benzene rings is 2. The molecule has 1 aliphatic rings. The van der Waals surface area contributed by atoms with E-state index in [1.807, 2.05) is 19.9 Å². The van der Waals surface area contributed by atoms with Crippen molar-refractivity contribution in [3.8, 4) is 5.75 Å². The monoisotopic (exact) mass is 408 g/mol. The molecule has 2 atom stereocenters. The minimum Gasteiger partial charge on any atom is -0.483 e. The normalized spacial score (nSPS) is 17.7. The Morgan fingerprint density at radius 2 is 1.90 bits per heavy atom. The van der Waals surface area contributed by atoms with E-state index in [-0.39, 0.29) is 18.6 Å². The molecule has 2 aromatic carbocycles. The van der Waals surface area contributed by atoms with Crippen molar-refractivity contribution in [3.63, 3.8) is 0 Å². The molecule has 0 aromatic heterocycles. The molecule has 1 aliphatic heterocycles. The largest absolute Gasteiger partial charge is 0.483 e. The van der Waals surface area contributed by atoms with Gasteiger partial charge < -0.3 is 15.0 Å². The Morgan fingerprint density at radius 3 is 2.57 bits per heavy atom. The Balaban J connectivity index is 1.55. The predicted octanol–water partition coefficient (Wildman–Crippen LogP) is 5.61. The number of hydrogen-bond donors (Lipinski definition) is 1. The van der Waals surface area contributed by atoms with E-state index < -0.39 is 0 Å². The topological polar surface area (TPSA) is 41.6 Å². The zero-order chi connectivity index (χ0) is 21.7. The van der Waals surface area contributed by atoms with E-state index >= 15 is 0 Å². The van der Waals surface area contributed by atoms with Crippen LogP contribution in [0.2, 0.25) is 0 Å². The predicted molar refractivity (Wildman–Crippen MR) is 124 cm³/mol. The van der Waals surface area contributed by atoms with E-state index in [1.165, 1.54) is 18.5 Å². The fourth-order valence-corrected chi connectivity index (χ4v) is 4.15. The number of hydrogen-bond acceptors (Lipinski definition) is 3. The van der Waals surface area contributed by atoms with Gasteiger partial charge in [0.15, 0.2) is 6.61 Å². The minimum atomic E-state index is -0.104. The van der Waals surface area contributed by atoms with Crippen molar-refractivity contribution in [2.75, 3.05) is 24.6 Å².